The number of pyridine rings is 1. The average molecular weight is 595 g/mol. The van der Waals surface area contributed by atoms with Crippen molar-refractivity contribution in [3.8, 4) is 28.4 Å². The Kier molecular flexibility index (Phi) is 10.1. The number of aromatic nitrogens is 1. The van der Waals surface area contributed by atoms with Crippen LogP contribution >= 0.6 is 12.4 Å². The Morgan fingerprint density at radius 3 is 2.12 bits per heavy atom. The first-order valence-corrected chi connectivity index (χ1v) is 15.3. The maximum atomic E-state index is 11.5. The summed E-state index contributed by atoms with van der Waals surface area (Å²) >= 11 is 0. The number of rotatable bonds is 11. The fraction of sp³-hybridized carbons (Fsp3) is 0.281. The number of anilines is 1. The van der Waals surface area contributed by atoms with Crippen molar-refractivity contribution in [1.82, 2.24) is 4.98 Å². The van der Waals surface area contributed by atoms with Gasteiger partial charge in [-0.25, -0.2) is 8.42 Å². The first-order chi connectivity index (χ1) is 19.4. The smallest absolute Gasteiger partial charge is 0.229 e. The zero-order valence-corrected chi connectivity index (χ0v) is 24.8. The molecule has 0 saturated heterocycles. The molecule has 1 saturated carbocycles. The topological polar surface area (TPSA) is 86.8 Å². The predicted molar refractivity (Wildman–Crippen MR) is 165 cm³/mol. The third-order valence-electron chi connectivity index (χ3n) is 6.98. The van der Waals surface area contributed by atoms with Crippen LogP contribution in [0, 0.1) is 0 Å². The molecule has 0 bridgehead atoms. The van der Waals surface area contributed by atoms with Gasteiger partial charge in [0.15, 0.2) is 11.5 Å². The monoisotopic (exact) mass is 594 g/mol. The lowest BCUT2D eigenvalue weighted by Gasteiger charge is -2.22. The Morgan fingerprint density at radius 2 is 1.51 bits per heavy atom. The van der Waals surface area contributed by atoms with Gasteiger partial charge in [-0.2, -0.15) is 0 Å². The van der Waals surface area contributed by atoms with E-state index in [0.29, 0.717) is 12.1 Å². The van der Waals surface area contributed by atoms with E-state index in [1.807, 2.05) is 66.7 Å². The molecule has 1 N–H and O–H groups in total. The van der Waals surface area contributed by atoms with Crippen molar-refractivity contribution in [2.24, 2.45) is 0 Å². The van der Waals surface area contributed by atoms with Gasteiger partial charge in [0.2, 0.25) is 10.0 Å². The van der Waals surface area contributed by atoms with Crippen LogP contribution < -0.4 is 18.9 Å². The van der Waals surface area contributed by atoms with Gasteiger partial charge in [-0.1, -0.05) is 30.3 Å². The second kappa shape index (κ2) is 13.7. The van der Waals surface area contributed by atoms with Gasteiger partial charge in [0, 0.05) is 24.5 Å². The molecule has 0 aliphatic heterocycles. The van der Waals surface area contributed by atoms with E-state index in [4.69, 9.17) is 14.2 Å². The number of benzene rings is 3. The lowest BCUT2D eigenvalue weighted by atomic mass is 10.0. The maximum Gasteiger partial charge on any atom is 0.229 e. The minimum absolute atomic E-state index is 0. The maximum absolute atomic E-state index is 11.5. The van der Waals surface area contributed by atoms with Gasteiger partial charge in [-0.3, -0.25) is 9.71 Å². The summed E-state index contributed by atoms with van der Waals surface area (Å²) in [5.41, 5.74) is 4.63. The SMILES string of the molecule is COc1ccc([C@H](Cc2ccncc2)Oc2ccc(-c3ccc(NS(C)(=O)=O)cc3)cc2)cc1OC1CCCC1.Cl. The molecule has 1 heterocycles. The van der Waals surface area contributed by atoms with E-state index in [-0.39, 0.29) is 24.6 Å². The standard InChI is InChI=1S/C32H34N2O5S.ClH/c1-37-30-16-11-26(22-32(30)39-28-5-3-4-6-28)31(21-23-17-19-33-20-18-23)38-29-14-9-25(10-15-29)24-7-12-27(13-8-24)34-40(2,35)36;/h7-20,22,28,31,34H,3-6,21H2,1-2H3;1H/t31-;/m0./s1. The zero-order valence-electron chi connectivity index (χ0n) is 23.2. The largest absolute Gasteiger partial charge is 0.493 e. The summed E-state index contributed by atoms with van der Waals surface area (Å²) in [5, 5.41) is 0. The summed E-state index contributed by atoms with van der Waals surface area (Å²) < 4.78 is 44.0. The average Bonchev–Trinajstić information content (AvgIpc) is 3.46. The summed E-state index contributed by atoms with van der Waals surface area (Å²) in [6.45, 7) is 0. The summed E-state index contributed by atoms with van der Waals surface area (Å²) in [4.78, 5) is 4.15. The number of nitrogens with zero attached hydrogens (tertiary/aromatic N) is 1. The van der Waals surface area contributed by atoms with E-state index < -0.39 is 10.0 Å². The van der Waals surface area contributed by atoms with Crippen LogP contribution in [0.15, 0.2) is 91.3 Å². The number of hydrogen-bond donors (Lipinski definition) is 1. The van der Waals surface area contributed by atoms with Crippen molar-refractivity contribution in [2.75, 3.05) is 18.1 Å². The molecule has 41 heavy (non-hydrogen) atoms. The van der Waals surface area contributed by atoms with Gasteiger partial charge in [0.05, 0.1) is 19.5 Å². The first kappa shape index (κ1) is 30.2. The second-order valence-electron chi connectivity index (χ2n) is 10.1. The lowest BCUT2D eigenvalue weighted by Crippen LogP contribution is -2.14. The van der Waals surface area contributed by atoms with E-state index >= 15 is 0 Å². The molecule has 0 amide bonds. The Labute approximate surface area is 248 Å². The molecule has 4 aromatic rings. The number of ether oxygens (including phenoxy) is 3. The van der Waals surface area contributed by atoms with Crippen LogP contribution in [0.5, 0.6) is 17.2 Å². The molecule has 1 fully saturated rings. The molecular weight excluding hydrogens is 560 g/mol. The van der Waals surface area contributed by atoms with Gasteiger partial charge in [0.25, 0.3) is 0 Å². The summed E-state index contributed by atoms with van der Waals surface area (Å²) in [6.07, 6.45) is 9.85. The van der Waals surface area contributed by atoms with E-state index in [9.17, 15) is 8.42 Å². The van der Waals surface area contributed by atoms with Crippen molar-refractivity contribution in [2.45, 2.75) is 44.3 Å². The minimum atomic E-state index is -3.32. The Morgan fingerprint density at radius 1 is 0.878 bits per heavy atom. The van der Waals surface area contributed by atoms with Crippen LogP contribution in [-0.2, 0) is 16.4 Å². The van der Waals surface area contributed by atoms with Crippen molar-refractivity contribution < 1.29 is 22.6 Å². The highest BCUT2D eigenvalue weighted by Gasteiger charge is 2.21. The van der Waals surface area contributed by atoms with Crippen LogP contribution in [0.25, 0.3) is 11.1 Å². The lowest BCUT2D eigenvalue weighted by molar-refractivity contribution is 0.193. The highest BCUT2D eigenvalue weighted by molar-refractivity contribution is 7.92. The van der Waals surface area contributed by atoms with E-state index in [1.165, 1.54) is 12.8 Å². The second-order valence-corrected chi connectivity index (χ2v) is 11.8. The molecule has 0 spiro atoms. The molecular formula is C32H35ClN2O5S. The molecule has 1 aromatic heterocycles. The third-order valence-corrected chi connectivity index (χ3v) is 7.59. The van der Waals surface area contributed by atoms with Crippen LogP contribution in [-0.4, -0.2) is 32.9 Å². The quantitative estimate of drug-likeness (QED) is 0.197. The summed E-state index contributed by atoms with van der Waals surface area (Å²) in [6, 6.07) is 25.2. The van der Waals surface area contributed by atoms with Crippen molar-refractivity contribution in [1.29, 1.82) is 0 Å². The number of nitrogens with one attached hydrogen (secondary N) is 1. The van der Waals surface area contributed by atoms with E-state index in [1.54, 1.807) is 31.6 Å². The third kappa shape index (κ3) is 8.38. The zero-order chi connectivity index (χ0) is 28.0. The predicted octanol–water partition coefficient (Wildman–Crippen LogP) is 7.23. The fourth-order valence-electron chi connectivity index (χ4n) is 4.97. The van der Waals surface area contributed by atoms with Gasteiger partial charge >= 0.3 is 0 Å². The van der Waals surface area contributed by atoms with E-state index in [2.05, 4.69) is 9.71 Å². The van der Waals surface area contributed by atoms with Gasteiger partial charge < -0.3 is 14.2 Å². The molecule has 5 rings (SSSR count). The van der Waals surface area contributed by atoms with Crippen molar-refractivity contribution in [3.63, 3.8) is 0 Å². The van der Waals surface area contributed by atoms with Gasteiger partial charge in [-0.15, -0.1) is 12.4 Å². The minimum Gasteiger partial charge on any atom is -0.493 e. The molecule has 0 unspecified atom stereocenters. The highest BCUT2D eigenvalue weighted by atomic mass is 35.5. The van der Waals surface area contributed by atoms with Gasteiger partial charge in [-0.05, 0) is 96.5 Å². The Balaban J connectivity index is 0.00000387. The van der Waals surface area contributed by atoms with Crippen LogP contribution in [0.3, 0.4) is 0 Å². The fourth-order valence-corrected chi connectivity index (χ4v) is 5.53. The molecule has 9 heteroatoms. The molecule has 216 valence electrons. The molecule has 1 aliphatic rings. The highest BCUT2D eigenvalue weighted by Crippen LogP contribution is 2.36. The number of halogens is 1. The summed E-state index contributed by atoms with van der Waals surface area (Å²) in [7, 11) is -1.65. The van der Waals surface area contributed by atoms with Gasteiger partial charge in [0.1, 0.15) is 11.9 Å². The Bertz CT molecular complexity index is 1510. The summed E-state index contributed by atoms with van der Waals surface area (Å²) in [5.74, 6) is 2.21. The first-order valence-electron chi connectivity index (χ1n) is 13.4. The van der Waals surface area contributed by atoms with E-state index in [0.717, 1.165) is 58.6 Å². The van der Waals surface area contributed by atoms with Crippen molar-refractivity contribution in [3.05, 3.63) is 102 Å². The number of hydrogen-bond acceptors (Lipinski definition) is 6. The van der Waals surface area contributed by atoms with Crippen LogP contribution in [0.1, 0.15) is 42.9 Å². The van der Waals surface area contributed by atoms with Crippen molar-refractivity contribution >= 4 is 28.1 Å². The number of methoxy groups -OCH3 is 1. The van der Waals surface area contributed by atoms with Crippen LogP contribution in [0.4, 0.5) is 5.69 Å². The Hall–Kier alpha value is -3.75. The molecule has 1 atom stereocenters. The molecule has 0 radical (unpaired) electrons. The molecule has 7 nitrogen and oxygen atoms in total. The molecule has 1 aliphatic carbocycles. The molecule has 3 aromatic carbocycles. The number of sulfonamides is 1. The van der Waals surface area contributed by atoms with Crippen LogP contribution in [0.2, 0.25) is 0 Å². The normalized spacial score (nSPS) is 14.1.